The van der Waals surface area contributed by atoms with E-state index in [0.29, 0.717) is 36.9 Å². The second-order valence-corrected chi connectivity index (χ2v) is 7.26. The zero-order valence-electron chi connectivity index (χ0n) is 17.1. The van der Waals surface area contributed by atoms with E-state index in [1.165, 1.54) is 5.56 Å². The SMILES string of the molecule is COc1ccc(CCN2Cc3cc4ccc(C)c(C)c4nc3OC2=O)cc1OC. The van der Waals surface area contributed by atoms with Crippen LogP contribution < -0.4 is 14.2 Å². The lowest BCUT2D eigenvalue weighted by atomic mass is 10.0. The number of methoxy groups -OCH3 is 2. The summed E-state index contributed by atoms with van der Waals surface area (Å²) in [5.74, 6) is 1.78. The van der Waals surface area contributed by atoms with Gasteiger partial charge in [-0.25, -0.2) is 9.78 Å². The number of aryl methyl sites for hydroxylation is 2. The van der Waals surface area contributed by atoms with Crippen LogP contribution in [0.15, 0.2) is 36.4 Å². The Hall–Kier alpha value is -3.28. The molecule has 1 amide bonds. The predicted molar refractivity (Wildman–Crippen MR) is 111 cm³/mol. The summed E-state index contributed by atoms with van der Waals surface area (Å²) in [5, 5.41) is 1.06. The van der Waals surface area contributed by atoms with E-state index in [4.69, 9.17) is 14.2 Å². The van der Waals surface area contributed by atoms with Crippen molar-refractivity contribution in [2.24, 2.45) is 0 Å². The minimum Gasteiger partial charge on any atom is -0.493 e. The van der Waals surface area contributed by atoms with Crippen molar-refractivity contribution >= 4 is 17.0 Å². The van der Waals surface area contributed by atoms with Gasteiger partial charge in [-0.05, 0) is 55.2 Å². The molecule has 6 nitrogen and oxygen atoms in total. The molecule has 1 aliphatic rings. The molecule has 0 unspecified atom stereocenters. The standard InChI is InChI=1S/C23H24N2O4/c1-14-5-7-17-12-18-13-25(23(26)29-22(18)24-21(17)15(14)2)10-9-16-6-8-19(27-3)20(11-16)28-4/h5-8,11-12H,9-10,13H2,1-4H3. The highest BCUT2D eigenvalue weighted by molar-refractivity contribution is 5.85. The summed E-state index contributed by atoms with van der Waals surface area (Å²) in [7, 11) is 3.22. The number of hydrogen-bond donors (Lipinski definition) is 0. The molecule has 0 fully saturated rings. The van der Waals surface area contributed by atoms with E-state index in [9.17, 15) is 4.79 Å². The Morgan fingerprint density at radius 1 is 1.07 bits per heavy atom. The van der Waals surface area contributed by atoms with Crippen LogP contribution in [0.25, 0.3) is 10.9 Å². The molecular formula is C23H24N2O4. The maximum atomic E-state index is 12.5. The van der Waals surface area contributed by atoms with Gasteiger partial charge in [-0.3, -0.25) is 0 Å². The fraction of sp³-hybridized carbons (Fsp3) is 0.304. The average molecular weight is 392 g/mol. The van der Waals surface area contributed by atoms with Gasteiger partial charge in [0.15, 0.2) is 11.5 Å². The second-order valence-electron chi connectivity index (χ2n) is 7.26. The third kappa shape index (κ3) is 3.58. The van der Waals surface area contributed by atoms with E-state index in [0.717, 1.165) is 27.6 Å². The van der Waals surface area contributed by atoms with Crippen molar-refractivity contribution in [2.75, 3.05) is 20.8 Å². The number of amides is 1. The summed E-state index contributed by atoms with van der Waals surface area (Å²) in [4.78, 5) is 18.8. The zero-order valence-corrected chi connectivity index (χ0v) is 17.1. The summed E-state index contributed by atoms with van der Waals surface area (Å²) < 4.78 is 16.2. The number of pyridine rings is 1. The highest BCUT2D eigenvalue weighted by Crippen LogP contribution is 2.31. The molecule has 0 N–H and O–H groups in total. The Bertz CT molecular complexity index is 1090. The highest BCUT2D eigenvalue weighted by Gasteiger charge is 2.26. The first-order chi connectivity index (χ1) is 14.0. The van der Waals surface area contributed by atoms with Crippen molar-refractivity contribution in [3.05, 3.63) is 58.7 Å². The number of ether oxygens (including phenoxy) is 3. The third-order valence-electron chi connectivity index (χ3n) is 5.47. The van der Waals surface area contributed by atoms with Crippen LogP contribution in [0.1, 0.15) is 22.3 Å². The number of rotatable bonds is 5. The smallest absolute Gasteiger partial charge is 0.416 e. The summed E-state index contributed by atoms with van der Waals surface area (Å²) in [6.07, 6.45) is 0.319. The van der Waals surface area contributed by atoms with Crippen molar-refractivity contribution in [1.82, 2.24) is 9.88 Å². The number of nitrogens with zero attached hydrogens (tertiary/aromatic N) is 2. The quantitative estimate of drug-likeness (QED) is 0.643. The van der Waals surface area contributed by atoms with Crippen LogP contribution in [0.5, 0.6) is 17.4 Å². The molecule has 2 aromatic carbocycles. The van der Waals surface area contributed by atoms with E-state index in [1.807, 2.05) is 25.1 Å². The van der Waals surface area contributed by atoms with E-state index in [-0.39, 0.29) is 6.09 Å². The number of hydrogen-bond acceptors (Lipinski definition) is 5. The van der Waals surface area contributed by atoms with Crippen LogP contribution in [-0.4, -0.2) is 36.7 Å². The average Bonchev–Trinajstić information content (AvgIpc) is 2.74. The first-order valence-corrected chi connectivity index (χ1v) is 9.57. The highest BCUT2D eigenvalue weighted by atomic mass is 16.6. The Morgan fingerprint density at radius 3 is 2.62 bits per heavy atom. The van der Waals surface area contributed by atoms with Crippen LogP contribution in [0.4, 0.5) is 4.79 Å². The molecule has 2 heterocycles. The molecule has 29 heavy (non-hydrogen) atoms. The first-order valence-electron chi connectivity index (χ1n) is 9.57. The van der Waals surface area contributed by atoms with Crippen molar-refractivity contribution in [3.63, 3.8) is 0 Å². The fourth-order valence-electron chi connectivity index (χ4n) is 3.60. The maximum absolute atomic E-state index is 12.5. The monoisotopic (exact) mass is 392 g/mol. The molecule has 0 radical (unpaired) electrons. The van der Waals surface area contributed by atoms with Crippen molar-refractivity contribution in [3.8, 4) is 17.4 Å². The number of aromatic nitrogens is 1. The van der Waals surface area contributed by atoms with Gasteiger partial charge in [-0.15, -0.1) is 0 Å². The van der Waals surface area contributed by atoms with Crippen LogP contribution in [0.3, 0.4) is 0 Å². The Kier molecular flexibility index (Phi) is 5.01. The maximum Gasteiger partial charge on any atom is 0.416 e. The van der Waals surface area contributed by atoms with Crippen LogP contribution in [-0.2, 0) is 13.0 Å². The topological polar surface area (TPSA) is 60.9 Å². The Morgan fingerprint density at radius 2 is 1.86 bits per heavy atom. The van der Waals surface area contributed by atoms with Gasteiger partial charge in [-0.1, -0.05) is 18.2 Å². The summed E-state index contributed by atoms with van der Waals surface area (Å²) in [6.45, 7) is 5.12. The predicted octanol–water partition coefficient (Wildman–Crippen LogP) is 4.43. The molecule has 3 aromatic rings. The minimum atomic E-state index is -0.366. The molecule has 0 bridgehead atoms. The van der Waals surface area contributed by atoms with Crippen molar-refractivity contribution in [1.29, 1.82) is 0 Å². The third-order valence-corrected chi connectivity index (χ3v) is 5.47. The molecular weight excluding hydrogens is 368 g/mol. The van der Waals surface area contributed by atoms with Gasteiger partial charge >= 0.3 is 6.09 Å². The second kappa shape index (κ2) is 7.62. The van der Waals surface area contributed by atoms with Gasteiger partial charge in [0.05, 0.1) is 26.3 Å². The number of fused-ring (bicyclic) bond motifs is 2. The van der Waals surface area contributed by atoms with E-state index in [2.05, 4.69) is 30.1 Å². The lowest BCUT2D eigenvalue weighted by molar-refractivity contribution is 0.136. The van der Waals surface area contributed by atoms with Gasteiger partial charge < -0.3 is 19.1 Å². The molecule has 1 aliphatic heterocycles. The molecule has 0 saturated heterocycles. The van der Waals surface area contributed by atoms with Crippen LogP contribution >= 0.6 is 0 Å². The van der Waals surface area contributed by atoms with Gasteiger partial charge in [0.2, 0.25) is 5.88 Å². The van der Waals surface area contributed by atoms with Gasteiger partial charge in [-0.2, -0.15) is 0 Å². The molecule has 1 aromatic heterocycles. The molecule has 0 saturated carbocycles. The Labute approximate surface area is 170 Å². The van der Waals surface area contributed by atoms with Gasteiger partial charge in [0.25, 0.3) is 0 Å². The van der Waals surface area contributed by atoms with E-state index in [1.54, 1.807) is 19.1 Å². The van der Waals surface area contributed by atoms with E-state index < -0.39 is 0 Å². The number of benzene rings is 2. The molecule has 0 aliphatic carbocycles. The van der Waals surface area contributed by atoms with E-state index >= 15 is 0 Å². The molecule has 0 spiro atoms. The summed E-state index contributed by atoms with van der Waals surface area (Å²) in [5.41, 5.74) is 5.15. The Balaban J connectivity index is 1.54. The van der Waals surface area contributed by atoms with Crippen molar-refractivity contribution in [2.45, 2.75) is 26.8 Å². The summed E-state index contributed by atoms with van der Waals surface area (Å²) in [6, 6.07) is 12.0. The molecule has 0 atom stereocenters. The first kappa shape index (κ1) is 19.1. The lowest BCUT2D eigenvalue weighted by Crippen LogP contribution is -2.38. The van der Waals surface area contributed by atoms with Gasteiger partial charge in [0.1, 0.15) is 0 Å². The normalized spacial score (nSPS) is 13.2. The number of carbonyl (C=O) groups excluding carboxylic acids is 1. The fourth-order valence-corrected chi connectivity index (χ4v) is 3.60. The molecule has 150 valence electrons. The van der Waals surface area contributed by atoms with Crippen molar-refractivity contribution < 1.29 is 19.0 Å². The lowest BCUT2D eigenvalue weighted by Gasteiger charge is -2.27. The minimum absolute atomic E-state index is 0.366. The number of carbonyl (C=O) groups is 1. The van der Waals surface area contributed by atoms with Gasteiger partial charge in [0, 0.05) is 17.5 Å². The summed E-state index contributed by atoms with van der Waals surface area (Å²) >= 11 is 0. The zero-order chi connectivity index (χ0) is 20.5. The largest absolute Gasteiger partial charge is 0.493 e. The van der Waals surface area contributed by atoms with Crippen LogP contribution in [0.2, 0.25) is 0 Å². The van der Waals surface area contributed by atoms with Crippen LogP contribution in [0, 0.1) is 13.8 Å². The molecule has 6 heteroatoms. The molecule has 4 rings (SSSR count).